The third kappa shape index (κ3) is 4.51. The van der Waals surface area contributed by atoms with Crippen molar-refractivity contribution >= 4 is 23.6 Å². The molecule has 0 bridgehead atoms. The minimum absolute atomic E-state index is 0.0184. The molecule has 2 amide bonds. The first-order chi connectivity index (χ1) is 17.4. The normalized spacial score (nSPS) is 23.7. The smallest absolute Gasteiger partial charge is 0.389 e. The van der Waals surface area contributed by atoms with Crippen LogP contribution in [0.25, 0.3) is 11.4 Å². The molecule has 0 radical (unpaired) electrons. The maximum Gasteiger partial charge on any atom is 0.405 e. The molecule has 37 heavy (non-hydrogen) atoms. The van der Waals surface area contributed by atoms with Crippen molar-refractivity contribution < 1.29 is 31.9 Å². The molecule has 2 aliphatic carbocycles. The molecular formula is C23H26F5N7O2. The summed E-state index contributed by atoms with van der Waals surface area (Å²) in [6.07, 6.45) is -1.95. The number of aliphatic hydroxyl groups is 1. The zero-order chi connectivity index (χ0) is 26.6. The van der Waals surface area contributed by atoms with Gasteiger partial charge in [-0.1, -0.05) is 0 Å². The first-order valence-electron chi connectivity index (χ1n) is 11.9. The molecule has 1 unspecified atom stereocenters. The van der Waals surface area contributed by atoms with E-state index in [0.29, 0.717) is 25.7 Å². The summed E-state index contributed by atoms with van der Waals surface area (Å²) in [6, 6.07) is 0.795. The second-order valence-corrected chi connectivity index (χ2v) is 10.1. The van der Waals surface area contributed by atoms with Crippen LogP contribution in [0.15, 0.2) is 18.5 Å². The molecule has 2 aromatic heterocycles. The van der Waals surface area contributed by atoms with Crippen molar-refractivity contribution in [2.24, 2.45) is 5.41 Å². The third-order valence-electron chi connectivity index (χ3n) is 7.85. The summed E-state index contributed by atoms with van der Waals surface area (Å²) in [7, 11) is 0. The monoisotopic (exact) mass is 527 g/mol. The minimum Gasteiger partial charge on any atom is -0.389 e. The summed E-state index contributed by atoms with van der Waals surface area (Å²) in [4.78, 5) is 19.0. The number of hydrogen-bond donors (Lipinski definition) is 5. The molecule has 9 nitrogen and oxygen atoms in total. The fourth-order valence-electron chi connectivity index (χ4n) is 5.46. The van der Waals surface area contributed by atoms with Gasteiger partial charge in [0.05, 0.1) is 28.6 Å². The Morgan fingerprint density at radius 2 is 1.95 bits per heavy atom. The molecule has 2 aromatic rings. The SMILES string of the molecule is N=Cc1cnc(-c2[nH]ncc2NC(=O)N2CCC(C(F)F)(C3(O)CC3)CC23CC3)cc1NCC(F)(F)F. The summed E-state index contributed by atoms with van der Waals surface area (Å²) < 4.78 is 66.5. The van der Waals surface area contributed by atoms with Crippen LogP contribution in [0.4, 0.5) is 38.1 Å². The van der Waals surface area contributed by atoms with Crippen LogP contribution in [-0.2, 0) is 0 Å². The fraction of sp³-hybridized carbons (Fsp3) is 0.565. The number of piperidine rings is 1. The average Bonchev–Trinajstić information content (AvgIpc) is 3.74. The number of nitrogens with zero attached hydrogens (tertiary/aromatic N) is 3. The van der Waals surface area contributed by atoms with E-state index in [0.717, 1.165) is 6.21 Å². The Morgan fingerprint density at radius 1 is 1.22 bits per heavy atom. The maximum absolute atomic E-state index is 14.2. The van der Waals surface area contributed by atoms with Gasteiger partial charge in [-0.15, -0.1) is 0 Å². The van der Waals surface area contributed by atoms with Crippen LogP contribution in [0.2, 0.25) is 0 Å². The number of rotatable bonds is 7. The number of aromatic amines is 1. The molecule has 0 aromatic carbocycles. The zero-order valence-electron chi connectivity index (χ0n) is 19.6. The van der Waals surface area contributed by atoms with Crippen LogP contribution in [0, 0.1) is 10.8 Å². The van der Waals surface area contributed by atoms with Gasteiger partial charge in [-0.3, -0.25) is 10.1 Å². The number of halogens is 5. The number of H-pyrrole nitrogens is 1. The van der Waals surface area contributed by atoms with E-state index in [2.05, 4.69) is 25.8 Å². The highest BCUT2D eigenvalue weighted by Crippen LogP contribution is 2.65. The lowest BCUT2D eigenvalue weighted by Gasteiger charge is -2.49. The lowest BCUT2D eigenvalue weighted by atomic mass is 9.68. The van der Waals surface area contributed by atoms with E-state index in [1.54, 1.807) is 0 Å². The lowest BCUT2D eigenvalue weighted by molar-refractivity contribution is -0.145. The summed E-state index contributed by atoms with van der Waals surface area (Å²) >= 11 is 0. The average molecular weight is 527 g/mol. The fourth-order valence-corrected chi connectivity index (χ4v) is 5.46. The van der Waals surface area contributed by atoms with Gasteiger partial charge in [-0.25, -0.2) is 13.6 Å². The highest BCUT2D eigenvalue weighted by Gasteiger charge is 2.70. The van der Waals surface area contributed by atoms with Crippen molar-refractivity contribution in [3.63, 3.8) is 0 Å². The summed E-state index contributed by atoms with van der Waals surface area (Å²) in [5.41, 5.74) is -2.87. The van der Waals surface area contributed by atoms with Gasteiger partial charge in [0.2, 0.25) is 6.43 Å². The quantitative estimate of drug-likeness (QED) is 0.270. The molecule has 1 spiro atoms. The molecule has 1 atom stereocenters. The number of anilines is 2. The van der Waals surface area contributed by atoms with E-state index in [4.69, 9.17) is 5.41 Å². The second kappa shape index (κ2) is 8.64. The van der Waals surface area contributed by atoms with Gasteiger partial charge in [0.1, 0.15) is 12.2 Å². The van der Waals surface area contributed by atoms with Crippen molar-refractivity contribution in [1.29, 1.82) is 5.41 Å². The summed E-state index contributed by atoms with van der Waals surface area (Å²) in [5.74, 6) is 0. The molecule has 1 aliphatic heterocycles. The Bertz CT molecular complexity index is 1210. The molecule has 2 saturated carbocycles. The Labute approximate surface area is 208 Å². The van der Waals surface area contributed by atoms with Crippen molar-refractivity contribution in [2.75, 3.05) is 23.7 Å². The molecule has 3 aliphatic rings. The van der Waals surface area contributed by atoms with Crippen molar-refractivity contribution in [2.45, 2.75) is 62.3 Å². The standard InChI is InChI=1S/C23H26F5N7O2/c24-18(25)21(22(37)3-4-22)5-6-35(20(11-21)1-2-20)19(36)33-16-10-32-34-17(16)15-7-14(13(8-29)9-30-15)31-12-23(26,27)28/h7-10,18,29,37H,1-6,11-12H2,(H,30,31)(H,32,34)(H,33,36). The topological polar surface area (TPSA) is 130 Å². The highest BCUT2D eigenvalue weighted by atomic mass is 19.4. The van der Waals surface area contributed by atoms with Gasteiger partial charge in [-0.05, 0) is 44.6 Å². The van der Waals surface area contributed by atoms with E-state index in [1.165, 1.54) is 23.4 Å². The first-order valence-corrected chi connectivity index (χ1v) is 11.9. The van der Waals surface area contributed by atoms with Crippen LogP contribution in [0.1, 0.15) is 44.1 Å². The number of carbonyl (C=O) groups is 1. The van der Waals surface area contributed by atoms with Crippen LogP contribution in [0.3, 0.4) is 0 Å². The predicted molar refractivity (Wildman–Crippen MR) is 124 cm³/mol. The van der Waals surface area contributed by atoms with Gasteiger partial charge in [0.15, 0.2) is 0 Å². The number of amides is 2. The number of alkyl halides is 5. The molecule has 200 valence electrons. The Morgan fingerprint density at radius 3 is 2.54 bits per heavy atom. The van der Waals surface area contributed by atoms with Gasteiger partial charge >= 0.3 is 12.2 Å². The molecule has 5 N–H and O–H groups in total. The molecule has 14 heteroatoms. The maximum atomic E-state index is 14.2. The van der Waals surface area contributed by atoms with Crippen LogP contribution in [-0.4, -0.2) is 74.3 Å². The second-order valence-electron chi connectivity index (χ2n) is 10.1. The molecular weight excluding hydrogens is 501 g/mol. The molecule has 1 saturated heterocycles. The van der Waals surface area contributed by atoms with E-state index < -0.39 is 41.7 Å². The third-order valence-corrected chi connectivity index (χ3v) is 7.85. The van der Waals surface area contributed by atoms with Gasteiger partial charge in [0, 0.05) is 35.7 Å². The van der Waals surface area contributed by atoms with E-state index in [-0.39, 0.29) is 47.7 Å². The molecule has 5 rings (SSSR count). The summed E-state index contributed by atoms with van der Waals surface area (Å²) in [6.45, 7) is -1.25. The largest absolute Gasteiger partial charge is 0.405 e. The molecule has 3 heterocycles. The van der Waals surface area contributed by atoms with Gasteiger partial charge in [0.25, 0.3) is 0 Å². The molecule has 3 fully saturated rings. The highest BCUT2D eigenvalue weighted by molar-refractivity contribution is 5.94. The van der Waals surface area contributed by atoms with E-state index >= 15 is 0 Å². The Balaban J connectivity index is 1.34. The van der Waals surface area contributed by atoms with Crippen molar-refractivity contribution in [3.05, 3.63) is 24.0 Å². The van der Waals surface area contributed by atoms with E-state index in [1.807, 2.05) is 0 Å². The van der Waals surface area contributed by atoms with Crippen LogP contribution >= 0.6 is 0 Å². The summed E-state index contributed by atoms with van der Waals surface area (Å²) in [5, 5.41) is 29.7. The van der Waals surface area contributed by atoms with E-state index in [9.17, 15) is 31.9 Å². The minimum atomic E-state index is -4.47. The Hall–Kier alpha value is -3.29. The zero-order valence-corrected chi connectivity index (χ0v) is 19.6. The predicted octanol–water partition coefficient (Wildman–Crippen LogP) is 4.38. The van der Waals surface area contributed by atoms with Crippen LogP contribution < -0.4 is 10.6 Å². The number of nitrogens with one attached hydrogen (secondary N) is 4. The number of carbonyl (C=O) groups excluding carboxylic acids is 1. The van der Waals surface area contributed by atoms with Crippen LogP contribution in [0.5, 0.6) is 0 Å². The van der Waals surface area contributed by atoms with Crippen molar-refractivity contribution in [1.82, 2.24) is 20.1 Å². The number of aromatic nitrogens is 3. The first kappa shape index (κ1) is 25.4. The Kier molecular flexibility index (Phi) is 5.92. The van der Waals surface area contributed by atoms with Crippen molar-refractivity contribution in [3.8, 4) is 11.4 Å². The van der Waals surface area contributed by atoms with Gasteiger partial charge in [-0.2, -0.15) is 18.3 Å². The number of urea groups is 1. The van der Waals surface area contributed by atoms with Gasteiger partial charge < -0.3 is 26.0 Å². The number of likely N-dealkylation sites (tertiary alicyclic amines) is 1. The lowest BCUT2D eigenvalue weighted by Crippen LogP contribution is -2.59. The number of hydrogen-bond acceptors (Lipinski definition) is 6. The number of pyridine rings is 1.